The molecule has 0 spiro atoms. The number of unbranched alkanes of at least 4 members (excludes halogenated alkanes) is 8. The third-order valence-electron chi connectivity index (χ3n) is 4.94. The van der Waals surface area contributed by atoms with Crippen LogP contribution in [0.4, 0.5) is 0 Å². The largest absolute Gasteiger partial charge is 0.396 e. The van der Waals surface area contributed by atoms with Gasteiger partial charge in [0, 0.05) is 12.0 Å². The van der Waals surface area contributed by atoms with E-state index < -0.39 is 0 Å². The van der Waals surface area contributed by atoms with Gasteiger partial charge in [0.15, 0.2) is 0 Å². The van der Waals surface area contributed by atoms with Crippen molar-refractivity contribution in [1.82, 2.24) is 0 Å². The van der Waals surface area contributed by atoms with Crippen LogP contribution in [0.3, 0.4) is 0 Å². The van der Waals surface area contributed by atoms with E-state index in [4.69, 9.17) is 4.74 Å². The van der Waals surface area contributed by atoms with Gasteiger partial charge in [-0.05, 0) is 18.4 Å². The number of rotatable bonds is 16. The maximum Gasteiger partial charge on any atom is 0.0716 e. The van der Waals surface area contributed by atoms with E-state index in [2.05, 4.69) is 24.3 Å². The predicted octanol–water partition coefficient (Wildman–Crippen LogP) is 5.10. The van der Waals surface area contributed by atoms with Gasteiger partial charge in [0.1, 0.15) is 0 Å². The molecule has 144 valence electrons. The molecular formula is C22H38O3. The van der Waals surface area contributed by atoms with E-state index in [9.17, 15) is 10.2 Å². The Morgan fingerprint density at radius 1 is 0.760 bits per heavy atom. The van der Waals surface area contributed by atoms with Gasteiger partial charge in [0.25, 0.3) is 0 Å². The van der Waals surface area contributed by atoms with E-state index >= 15 is 0 Å². The standard InChI is InChI=1S/C22H38O3/c1-22(19-23,20-24)16-12-7-5-3-2-4-6-8-13-17-25-18-21-14-10-9-11-15-21/h9-11,14-15,23-24H,2-8,12-13,16-20H2,1H3. The van der Waals surface area contributed by atoms with Crippen LogP contribution in [0, 0.1) is 5.41 Å². The van der Waals surface area contributed by atoms with Crippen molar-refractivity contribution in [3.63, 3.8) is 0 Å². The molecule has 0 radical (unpaired) electrons. The highest BCUT2D eigenvalue weighted by molar-refractivity contribution is 5.13. The molecule has 0 saturated carbocycles. The minimum atomic E-state index is -0.289. The third-order valence-corrected chi connectivity index (χ3v) is 4.94. The Labute approximate surface area is 154 Å². The fourth-order valence-electron chi connectivity index (χ4n) is 2.97. The number of hydrogen-bond acceptors (Lipinski definition) is 3. The fraction of sp³-hybridized carbons (Fsp3) is 0.727. The van der Waals surface area contributed by atoms with Crippen molar-refractivity contribution >= 4 is 0 Å². The molecule has 3 heteroatoms. The topological polar surface area (TPSA) is 49.7 Å². The Morgan fingerprint density at radius 3 is 1.84 bits per heavy atom. The van der Waals surface area contributed by atoms with Crippen LogP contribution in [0.15, 0.2) is 30.3 Å². The summed E-state index contributed by atoms with van der Waals surface area (Å²) in [6, 6.07) is 10.3. The van der Waals surface area contributed by atoms with E-state index in [0.29, 0.717) is 0 Å². The fourth-order valence-corrected chi connectivity index (χ4v) is 2.97. The first-order valence-electron chi connectivity index (χ1n) is 10.0. The Morgan fingerprint density at radius 2 is 1.28 bits per heavy atom. The zero-order chi connectivity index (χ0) is 18.2. The van der Waals surface area contributed by atoms with E-state index in [1.165, 1.54) is 50.5 Å². The third kappa shape index (κ3) is 11.4. The van der Waals surface area contributed by atoms with Gasteiger partial charge in [0.05, 0.1) is 19.8 Å². The molecular weight excluding hydrogens is 312 g/mol. The molecule has 25 heavy (non-hydrogen) atoms. The highest BCUT2D eigenvalue weighted by atomic mass is 16.5. The molecule has 0 atom stereocenters. The Kier molecular flexibility index (Phi) is 12.7. The lowest BCUT2D eigenvalue weighted by molar-refractivity contribution is 0.0605. The van der Waals surface area contributed by atoms with Crippen molar-refractivity contribution in [2.45, 2.75) is 77.7 Å². The van der Waals surface area contributed by atoms with Crippen molar-refractivity contribution in [3.05, 3.63) is 35.9 Å². The van der Waals surface area contributed by atoms with Gasteiger partial charge in [-0.15, -0.1) is 0 Å². The van der Waals surface area contributed by atoms with Gasteiger partial charge in [-0.25, -0.2) is 0 Å². The molecule has 0 heterocycles. The second kappa shape index (κ2) is 14.3. The van der Waals surface area contributed by atoms with Gasteiger partial charge >= 0.3 is 0 Å². The summed E-state index contributed by atoms with van der Waals surface area (Å²) in [4.78, 5) is 0. The van der Waals surface area contributed by atoms with Crippen LogP contribution < -0.4 is 0 Å². The van der Waals surface area contributed by atoms with Gasteiger partial charge in [0.2, 0.25) is 0 Å². The molecule has 1 aromatic carbocycles. The molecule has 0 fully saturated rings. The SMILES string of the molecule is CC(CO)(CO)CCCCCCCCCCCOCc1ccccc1. The molecule has 3 nitrogen and oxygen atoms in total. The van der Waals surface area contributed by atoms with Crippen LogP contribution in [0.25, 0.3) is 0 Å². The zero-order valence-electron chi connectivity index (χ0n) is 16.1. The van der Waals surface area contributed by atoms with E-state index in [0.717, 1.165) is 32.5 Å². The predicted molar refractivity (Wildman–Crippen MR) is 105 cm³/mol. The first-order chi connectivity index (χ1) is 12.2. The van der Waals surface area contributed by atoms with Gasteiger partial charge < -0.3 is 14.9 Å². The number of aliphatic hydroxyl groups is 2. The van der Waals surface area contributed by atoms with Crippen molar-refractivity contribution < 1.29 is 14.9 Å². The van der Waals surface area contributed by atoms with Crippen LogP contribution in [0.5, 0.6) is 0 Å². The Balaban J connectivity index is 1.80. The highest BCUT2D eigenvalue weighted by Gasteiger charge is 2.21. The molecule has 1 rings (SSSR count). The van der Waals surface area contributed by atoms with Crippen LogP contribution in [-0.2, 0) is 11.3 Å². The molecule has 1 aromatic rings. The molecule has 0 aromatic heterocycles. The number of ether oxygens (including phenoxy) is 1. The van der Waals surface area contributed by atoms with Crippen LogP contribution in [0.2, 0.25) is 0 Å². The first kappa shape index (κ1) is 22.1. The monoisotopic (exact) mass is 350 g/mol. The maximum atomic E-state index is 9.25. The van der Waals surface area contributed by atoms with Crippen molar-refractivity contribution in [3.8, 4) is 0 Å². The van der Waals surface area contributed by atoms with Crippen molar-refractivity contribution in [1.29, 1.82) is 0 Å². The molecule has 0 unspecified atom stereocenters. The average molecular weight is 351 g/mol. The van der Waals surface area contributed by atoms with Crippen LogP contribution >= 0.6 is 0 Å². The van der Waals surface area contributed by atoms with Crippen LogP contribution in [-0.4, -0.2) is 30.0 Å². The Bertz CT molecular complexity index is 401. The summed E-state index contributed by atoms with van der Waals surface area (Å²) in [5, 5.41) is 18.5. The van der Waals surface area contributed by atoms with E-state index in [-0.39, 0.29) is 18.6 Å². The number of benzene rings is 1. The number of hydrogen-bond donors (Lipinski definition) is 2. The molecule has 0 aliphatic carbocycles. The summed E-state index contributed by atoms with van der Waals surface area (Å²) < 4.78 is 5.70. The van der Waals surface area contributed by atoms with Gasteiger partial charge in [-0.2, -0.15) is 0 Å². The highest BCUT2D eigenvalue weighted by Crippen LogP contribution is 2.23. The quantitative estimate of drug-likeness (QED) is 0.408. The average Bonchev–Trinajstić information content (AvgIpc) is 2.66. The van der Waals surface area contributed by atoms with E-state index in [1.807, 2.05) is 13.0 Å². The van der Waals surface area contributed by atoms with Gasteiger partial charge in [-0.1, -0.05) is 88.6 Å². The molecule has 0 bridgehead atoms. The van der Waals surface area contributed by atoms with E-state index in [1.54, 1.807) is 0 Å². The number of aliphatic hydroxyl groups excluding tert-OH is 2. The van der Waals surface area contributed by atoms with Gasteiger partial charge in [-0.3, -0.25) is 0 Å². The summed E-state index contributed by atoms with van der Waals surface area (Å²) in [5.74, 6) is 0. The normalized spacial score (nSPS) is 11.8. The van der Waals surface area contributed by atoms with Crippen molar-refractivity contribution in [2.75, 3.05) is 19.8 Å². The second-order valence-electron chi connectivity index (χ2n) is 7.60. The lowest BCUT2D eigenvalue weighted by Crippen LogP contribution is -2.25. The lowest BCUT2D eigenvalue weighted by Gasteiger charge is -2.24. The summed E-state index contributed by atoms with van der Waals surface area (Å²) in [6.07, 6.45) is 12.2. The molecule has 0 saturated heterocycles. The zero-order valence-corrected chi connectivity index (χ0v) is 16.1. The summed E-state index contributed by atoms with van der Waals surface area (Å²) >= 11 is 0. The second-order valence-corrected chi connectivity index (χ2v) is 7.60. The molecule has 0 aliphatic rings. The molecule has 0 amide bonds. The first-order valence-corrected chi connectivity index (χ1v) is 10.0. The summed E-state index contributed by atoms with van der Waals surface area (Å²) in [6.45, 7) is 3.71. The van der Waals surface area contributed by atoms with Crippen molar-refractivity contribution in [2.24, 2.45) is 5.41 Å². The molecule has 0 aliphatic heterocycles. The summed E-state index contributed by atoms with van der Waals surface area (Å²) in [5.41, 5.74) is 0.962. The Hall–Kier alpha value is -0.900. The van der Waals surface area contributed by atoms with Crippen LogP contribution in [0.1, 0.15) is 76.7 Å². The maximum absolute atomic E-state index is 9.25. The minimum Gasteiger partial charge on any atom is -0.396 e. The minimum absolute atomic E-state index is 0.0819. The lowest BCUT2D eigenvalue weighted by atomic mass is 9.86. The smallest absolute Gasteiger partial charge is 0.0716 e. The molecule has 2 N–H and O–H groups in total. The summed E-state index contributed by atoms with van der Waals surface area (Å²) in [7, 11) is 0.